The second-order valence-electron chi connectivity index (χ2n) is 5.06. The summed E-state index contributed by atoms with van der Waals surface area (Å²) in [6, 6.07) is 8.29. The van der Waals surface area contributed by atoms with Crippen LogP contribution in [0, 0.1) is 6.92 Å². The van der Waals surface area contributed by atoms with Crippen molar-refractivity contribution in [3.05, 3.63) is 29.8 Å². The van der Waals surface area contributed by atoms with E-state index in [0.29, 0.717) is 6.04 Å². The molecule has 1 aliphatic heterocycles. The van der Waals surface area contributed by atoms with Gasteiger partial charge in [-0.3, -0.25) is 0 Å². The molecule has 19 heavy (non-hydrogen) atoms. The average Bonchev–Trinajstić information content (AvgIpc) is 2.43. The van der Waals surface area contributed by atoms with Crippen LogP contribution in [-0.2, 0) is 0 Å². The summed E-state index contributed by atoms with van der Waals surface area (Å²) >= 11 is 0. The Balaban J connectivity index is 1.97. The maximum atomic E-state index is 12.3. The summed E-state index contributed by atoms with van der Waals surface area (Å²) in [5.74, 6) is 0. The van der Waals surface area contributed by atoms with E-state index in [-0.39, 0.29) is 6.03 Å². The number of piperidine rings is 1. The van der Waals surface area contributed by atoms with E-state index >= 15 is 0 Å². The average molecular weight is 261 g/mol. The van der Waals surface area contributed by atoms with E-state index in [0.717, 1.165) is 38.2 Å². The number of urea groups is 1. The van der Waals surface area contributed by atoms with Gasteiger partial charge in [-0.2, -0.15) is 0 Å². The van der Waals surface area contributed by atoms with Gasteiger partial charge in [-0.1, -0.05) is 17.7 Å². The van der Waals surface area contributed by atoms with E-state index in [2.05, 4.69) is 10.6 Å². The number of hydrogen-bond donors (Lipinski definition) is 2. The van der Waals surface area contributed by atoms with Crippen molar-refractivity contribution in [2.24, 2.45) is 0 Å². The maximum absolute atomic E-state index is 12.3. The number of rotatable bonds is 3. The van der Waals surface area contributed by atoms with Crippen molar-refractivity contribution >= 4 is 11.7 Å². The van der Waals surface area contributed by atoms with Crippen LogP contribution in [0.5, 0.6) is 0 Å². The molecule has 0 bridgehead atoms. The second kappa shape index (κ2) is 6.57. The summed E-state index contributed by atoms with van der Waals surface area (Å²) in [4.78, 5) is 14.3. The molecular weight excluding hydrogens is 238 g/mol. The van der Waals surface area contributed by atoms with Gasteiger partial charge in [-0.25, -0.2) is 4.79 Å². The first-order valence-corrected chi connectivity index (χ1v) is 7.05. The van der Waals surface area contributed by atoms with Gasteiger partial charge in [-0.05, 0) is 51.9 Å². The second-order valence-corrected chi connectivity index (χ2v) is 5.06. The van der Waals surface area contributed by atoms with Gasteiger partial charge in [0.25, 0.3) is 0 Å². The number of aryl methyl sites for hydroxylation is 1. The smallest absolute Gasteiger partial charge is 0.322 e. The summed E-state index contributed by atoms with van der Waals surface area (Å²) in [6.07, 6.45) is 2.07. The molecule has 0 unspecified atom stereocenters. The quantitative estimate of drug-likeness (QED) is 0.878. The molecule has 1 aromatic rings. The molecule has 0 aromatic heterocycles. The van der Waals surface area contributed by atoms with Gasteiger partial charge in [0.1, 0.15) is 0 Å². The van der Waals surface area contributed by atoms with Crippen molar-refractivity contribution in [1.29, 1.82) is 0 Å². The first-order chi connectivity index (χ1) is 9.20. The number of carbonyl (C=O) groups excluding carboxylic acids is 1. The Kier molecular flexibility index (Phi) is 4.80. The van der Waals surface area contributed by atoms with Crippen LogP contribution >= 0.6 is 0 Å². The molecule has 1 saturated heterocycles. The fourth-order valence-electron chi connectivity index (χ4n) is 2.52. The molecule has 0 radical (unpaired) electrons. The Bertz CT molecular complexity index is 410. The zero-order chi connectivity index (χ0) is 13.7. The molecule has 1 heterocycles. The Hall–Kier alpha value is -1.55. The third-order valence-electron chi connectivity index (χ3n) is 3.65. The van der Waals surface area contributed by atoms with Crippen molar-refractivity contribution in [2.45, 2.75) is 32.7 Å². The zero-order valence-electron chi connectivity index (χ0n) is 11.8. The summed E-state index contributed by atoms with van der Waals surface area (Å²) in [5, 5.41) is 6.31. The van der Waals surface area contributed by atoms with Gasteiger partial charge >= 0.3 is 6.03 Å². The number of carbonyl (C=O) groups is 1. The topological polar surface area (TPSA) is 44.4 Å². The molecule has 0 aliphatic carbocycles. The van der Waals surface area contributed by atoms with Crippen LogP contribution in [0.25, 0.3) is 0 Å². The van der Waals surface area contributed by atoms with Gasteiger partial charge in [-0.15, -0.1) is 0 Å². The number of benzene rings is 1. The van der Waals surface area contributed by atoms with Crippen LogP contribution < -0.4 is 10.6 Å². The van der Waals surface area contributed by atoms with Crippen molar-refractivity contribution in [1.82, 2.24) is 10.2 Å². The molecule has 104 valence electrons. The minimum atomic E-state index is 0.0123. The lowest BCUT2D eigenvalue weighted by Crippen LogP contribution is -2.47. The van der Waals surface area contributed by atoms with Crippen LogP contribution in [0.15, 0.2) is 24.3 Å². The van der Waals surface area contributed by atoms with E-state index in [1.54, 1.807) is 0 Å². The lowest BCUT2D eigenvalue weighted by Gasteiger charge is -2.33. The molecule has 4 heteroatoms. The highest BCUT2D eigenvalue weighted by atomic mass is 16.2. The summed E-state index contributed by atoms with van der Waals surface area (Å²) < 4.78 is 0. The van der Waals surface area contributed by atoms with Crippen molar-refractivity contribution in [3.8, 4) is 0 Å². The normalized spacial score (nSPS) is 16.1. The number of amides is 2. The fourth-order valence-corrected chi connectivity index (χ4v) is 2.52. The first kappa shape index (κ1) is 13.9. The number of anilines is 1. The fraction of sp³-hybridized carbons (Fsp3) is 0.533. The van der Waals surface area contributed by atoms with Crippen LogP contribution in [0.2, 0.25) is 0 Å². The van der Waals surface area contributed by atoms with E-state index in [1.807, 2.05) is 43.0 Å². The van der Waals surface area contributed by atoms with Gasteiger partial charge < -0.3 is 15.5 Å². The monoisotopic (exact) mass is 261 g/mol. The molecule has 2 amide bonds. The van der Waals surface area contributed by atoms with Crippen LogP contribution in [0.1, 0.15) is 25.3 Å². The van der Waals surface area contributed by atoms with E-state index in [1.165, 1.54) is 5.56 Å². The molecule has 0 spiro atoms. The Labute approximate surface area is 115 Å². The van der Waals surface area contributed by atoms with Gasteiger partial charge in [0.2, 0.25) is 0 Å². The number of hydrogen-bond acceptors (Lipinski definition) is 2. The Morgan fingerprint density at radius 1 is 1.32 bits per heavy atom. The van der Waals surface area contributed by atoms with E-state index in [4.69, 9.17) is 0 Å². The van der Waals surface area contributed by atoms with Crippen molar-refractivity contribution < 1.29 is 4.79 Å². The summed E-state index contributed by atoms with van der Waals surface area (Å²) in [6.45, 7) is 6.83. The Morgan fingerprint density at radius 2 is 1.95 bits per heavy atom. The third kappa shape index (κ3) is 3.70. The SMILES string of the molecule is CCN(C(=O)Nc1ccc(C)cc1)C1CCNCC1. The molecule has 1 aliphatic rings. The lowest BCUT2D eigenvalue weighted by atomic mass is 10.1. The molecule has 2 N–H and O–H groups in total. The number of nitrogens with zero attached hydrogens (tertiary/aromatic N) is 1. The first-order valence-electron chi connectivity index (χ1n) is 7.05. The largest absolute Gasteiger partial charge is 0.322 e. The number of nitrogens with one attached hydrogen (secondary N) is 2. The zero-order valence-corrected chi connectivity index (χ0v) is 11.8. The highest BCUT2D eigenvalue weighted by molar-refractivity contribution is 5.89. The Morgan fingerprint density at radius 3 is 2.53 bits per heavy atom. The molecular formula is C15H23N3O. The highest BCUT2D eigenvalue weighted by Gasteiger charge is 2.23. The maximum Gasteiger partial charge on any atom is 0.322 e. The summed E-state index contributed by atoms with van der Waals surface area (Å²) in [5.41, 5.74) is 2.06. The standard InChI is InChI=1S/C15H23N3O/c1-3-18(14-8-10-16-11-9-14)15(19)17-13-6-4-12(2)5-7-13/h4-7,14,16H,3,8-11H2,1-2H3,(H,17,19). The molecule has 4 nitrogen and oxygen atoms in total. The third-order valence-corrected chi connectivity index (χ3v) is 3.65. The van der Waals surface area contributed by atoms with Crippen molar-refractivity contribution in [3.63, 3.8) is 0 Å². The molecule has 1 aromatic carbocycles. The van der Waals surface area contributed by atoms with E-state index < -0.39 is 0 Å². The minimum Gasteiger partial charge on any atom is -0.322 e. The predicted octanol–water partition coefficient (Wildman–Crippen LogP) is 2.60. The molecule has 1 fully saturated rings. The highest BCUT2D eigenvalue weighted by Crippen LogP contribution is 2.15. The molecule has 0 saturated carbocycles. The molecule has 2 rings (SSSR count). The van der Waals surface area contributed by atoms with Crippen LogP contribution in [0.4, 0.5) is 10.5 Å². The predicted molar refractivity (Wildman–Crippen MR) is 78.5 cm³/mol. The van der Waals surface area contributed by atoms with Crippen LogP contribution in [-0.4, -0.2) is 36.6 Å². The molecule has 0 atom stereocenters. The minimum absolute atomic E-state index is 0.0123. The van der Waals surface area contributed by atoms with Crippen LogP contribution in [0.3, 0.4) is 0 Å². The van der Waals surface area contributed by atoms with E-state index in [9.17, 15) is 4.79 Å². The van der Waals surface area contributed by atoms with Gasteiger partial charge in [0, 0.05) is 18.3 Å². The van der Waals surface area contributed by atoms with Gasteiger partial charge in [0.15, 0.2) is 0 Å². The summed E-state index contributed by atoms with van der Waals surface area (Å²) in [7, 11) is 0. The van der Waals surface area contributed by atoms with Crippen molar-refractivity contribution in [2.75, 3.05) is 25.0 Å². The lowest BCUT2D eigenvalue weighted by molar-refractivity contribution is 0.175. The van der Waals surface area contributed by atoms with Gasteiger partial charge in [0.05, 0.1) is 0 Å².